The molecule has 0 atom stereocenters. The fraction of sp³-hybridized carbons (Fsp3) is 0. The van der Waals surface area contributed by atoms with Gasteiger partial charge in [0.2, 0.25) is 10.1 Å². The van der Waals surface area contributed by atoms with Gasteiger partial charge in [0.25, 0.3) is 5.91 Å². The summed E-state index contributed by atoms with van der Waals surface area (Å²) in [4.78, 5) is 11.6. The van der Waals surface area contributed by atoms with Crippen molar-refractivity contribution in [2.45, 2.75) is 0 Å². The van der Waals surface area contributed by atoms with Gasteiger partial charge in [-0.25, -0.2) is 0 Å². The van der Waals surface area contributed by atoms with E-state index >= 15 is 0 Å². The van der Waals surface area contributed by atoms with Crippen molar-refractivity contribution in [3.05, 3.63) is 34.3 Å². The number of nitrogens with one attached hydrogen (secondary N) is 1. The molecule has 0 saturated heterocycles. The van der Waals surface area contributed by atoms with Crippen LogP contribution in [0.2, 0.25) is 5.02 Å². The maximum Gasteiger partial charge on any atom is 0.286 e. The molecule has 0 aliphatic heterocycles. The maximum absolute atomic E-state index is 11.6. The second-order valence-corrected chi connectivity index (χ2v) is 4.35. The second kappa shape index (κ2) is 4.46. The molecule has 1 aromatic heterocycles. The monoisotopic (exact) mass is 254 g/mol. The number of carbonyl (C=O) groups excluding carboxylic acids is 1. The molecule has 0 fully saturated rings. The van der Waals surface area contributed by atoms with Gasteiger partial charge in [0.15, 0.2) is 0 Å². The molecule has 1 aromatic carbocycles. The molecule has 0 radical (unpaired) electrons. The molecule has 7 heteroatoms. The van der Waals surface area contributed by atoms with E-state index in [1.54, 1.807) is 24.3 Å². The van der Waals surface area contributed by atoms with Crippen LogP contribution in [0.4, 0.5) is 10.8 Å². The van der Waals surface area contributed by atoms with Crippen molar-refractivity contribution in [3.8, 4) is 0 Å². The quantitative estimate of drug-likeness (QED) is 0.859. The Kier molecular flexibility index (Phi) is 3.02. The van der Waals surface area contributed by atoms with E-state index in [-0.39, 0.29) is 16.0 Å². The molecule has 5 nitrogen and oxygen atoms in total. The Bertz CT molecular complexity index is 510. The number of nitrogens with two attached hydrogens (primary N) is 1. The molecular weight excluding hydrogens is 248 g/mol. The van der Waals surface area contributed by atoms with E-state index < -0.39 is 0 Å². The van der Waals surface area contributed by atoms with Gasteiger partial charge in [-0.1, -0.05) is 22.9 Å². The van der Waals surface area contributed by atoms with E-state index in [9.17, 15) is 4.79 Å². The summed E-state index contributed by atoms with van der Waals surface area (Å²) in [6, 6.07) is 6.77. The zero-order chi connectivity index (χ0) is 11.5. The van der Waals surface area contributed by atoms with Gasteiger partial charge >= 0.3 is 0 Å². The fourth-order valence-electron chi connectivity index (χ4n) is 1.04. The molecule has 0 spiro atoms. The van der Waals surface area contributed by atoms with Gasteiger partial charge in [-0.3, -0.25) is 4.79 Å². The third-order valence-corrected chi connectivity index (χ3v) is 2.74. The number of rotatable bonds is 2. The minimum atomic E-state index is -0.337. The van der Waals surface area contributed by atoms with Gasteiger partial charge in [0.1, 0.15) is 0 Å². The third kappa shape index (κ3) is 2.47. The number of halogens is 1. The van der Waals surface area contributed by atoms with Gasteiger partial charge in [-0.15, -0.1) is 10.2 Å². The zero-order valence-corrected chi connectivity index (χ0v) is 9.55. The Morgan fingerprint density at radius 3 is 2.56 bits per heavy atom. The maximum atomic E-state index is 11.6. The predicted octanol–water partition coefficient (Wildman–Crippen LogP) is 2.03. The molecule has 0 aliphatic carbocycles. The summed E-state index contributed by atoms with van der Waals surface area (Å²) in [7, 11) is 0. The van der Waals surface area contributed by atoms with E-state index in [1.807, 2.05) is 0 Å². The lowest BCUT2D eigenvalue weighted by molar-refractivity contribution is 0.102. The first kappa shape index (κ1) is 10.8. The van der Waals surface area contributed by atoms with Crippen LogP contribution < -0.4 is 11.1 Å². The number of benzene rings is 1. The van der Waals surface area contributed by atoms with Gasteiger partial charge < -0.3 is 11.1 Å². The Balaban J connectivity index is 2.10. The minimum absolute atomic E-state index is 0.229. The summed E-state index contributed by atoms with van der Waals surface area (Å²) in [5.74, 6) is -0.337. The number of amides is 1. The Labute approximate surface area is 100 Å². The zero-order valence-electron chi connectivity index (χ0n) is 7.98. The van der Waals surface area contributed by atoms with Crippen LogP contribution in [-0.4, -0.2) is 16.1 Å². The molecule has 16 heavy (non-hydrogen) atoms. The summed E-state index contributed by atoms with van der Waals surface area (Å²) < 4.78 is 0. The standard InChI is InChI=1S/C9H7ClN4OS/c10-5-1-3-6(4-2-5)12-7(15)8-13-14-9(11)16-8/h1-4H,(H2,11,14)(H,12,15). The predicted molar refractivity (Wildman–Crippen MR) is 63.7 cm³/mol. The number of hydrogen-bond acceptors (Lipinski definition) is 5. The van der Waals surface area contributed by atoms with Crippen molar-refractivity contribution in [3.63, 3.8) is 0 Å². The number of anilines is 2. The summed E-state index contributed by atoms with van der Waals surface area (Å²) in [5, 5.41) is 10.9. The number of nitrogen functional groups attached to an aromatic ring is 1. The lowest BCUT2D eigenvalue weighted by atomic mass is 10.3. The van der Waals surface area contributed by atoms with Crippen molar-refractivity contribution in [1.82, 2.24) is 10.2 Å². The highest BCUT2D eigenvalue weighted by molar-refractivity contribution is 7.16. The average molecular weight is 255 g/mol. The topological polar surface area (TPSA) is 80.9 Å². The van der Waals surface area contributed by atoms with Crippen LogP contribution >= 0.6 is 22.9 Å². The van der Waals surface area contributed by atoms with Crippen molar-refractivity contribution < 1.29 is 4.79 Å². The highest BCUT2D eigenvalue weighted by atomic mass is 35.5. The largest absolute Gasteiger partial charge is 0.374 e. The van der Waals surface area contributed by atoms with Crippen LogP contribution in [0.1, 0.15) is 9.80 Å². The fourth-order valence-corrected chi connectivity index (χ4v) is 1.68. The van der Waals surface area contributed by atoms with Gasteiger partial charge in [0.05, 0.1) is 0 Å². The molecule has 0 unspecified atom stereocenters. The summed E-state index contributed by atoms with van der Waals surface area (Å²) in [5.41, 5.74) is 6.02. The number of hydrogen-bond donors (Lipinski definition) is 2. The number of aromatic nitrogens is 2. The SMILES string of the molecule is Nc1nnc(C(=O)Nc2ccc(Cl)cc2)s1. The van der Waals surface area contributed by atoms with E-state index in [4.69, 9.17) is 17.3 Å². The van der Waals surface area contributed by atoms with Crippen LogP contribution in [0.25, 0.3) is 0 Å². The highest BCUT2D eigenvalue weighted by Gasteiger charge is 2.11. The third-order valence-electron chi connectivity index (χ3n) is 1.74. The summed E-state index contributed by atoms with van der Waals surface area (Å²) in [6.07, 6.45) is 0. The molecule has 0 aliphatic rings. The first-order chi connectivity index (χ1) is 7.65. The molecule has 0 saturated carbocycles. The Morgan fingerprint density at radius 1 is 1.31 bits per heavy atom. The van der Waals surface area contributed by atoms with Crippen LogP contribution in [-0.2, 0) is 0 Å². The van der Waals surface area contributed by atoms with Crippen LogP contribution in [0.15, 0.2) is 24.3 Å². The molecule has 2 aromatic rings. The van der Waals surface area contributed by atoms with E-state index in [1.165, 1.54) is 0 Å². The smallest absolute Gasteiger partial charge is 0.286 e. The number of nitrogens with zero attached hydrogens (tertiary/aromatic N) is 2. The van der Waals surface area contributed by atoms with Gasteiger partial charge in [-0.2, -0.15) is 0 Å². The van der Waals surface area contributed by atoms with Crippen molar-refractivity contribution in [1.29, 1.82) is 0 Å². The molecular formula is C9H7ClN4OS. The van der Waals surface area contributed by atoms with Crippen LogP contribution in [0.3, 0.4) is 0 Å². The second-order valence-electron chi connectivity index (χ2n) is 2.91. The number of carbonyl (C=O) groups is 1. The summed E-state index contributed by atoms with van der Waals surface area (Å²) in [6.45, 7) is 0. The molecule has 82 valence electrons. The van der Waals surface area contributed by atoms with Gasteiger partial charge in [-0.05, 0) is 24.3 Å². The first-order valence-electron chi connectivity index (χ1n) is 4.31. The van der Waals surface area contributed by atoms with Crippen molar-refractivity contribution >= 4 is 39.7 Å². The Hall–Kier alpha value is -1.66. The van der Waals surface area contributed by atoms with Gasteiger partial charge in [0, 0.05) is 10.7 Å². The molecule has 0 bridgehead atoms. The molecule has 3 N–H and O–H groups in total. The average Bonchev–Trinajstić information content (AvgIpc) is 2.68. The lowest BCUT2D eigenvalue weighted by Crippen LogP contribution is -2.11. The van der Waals surface area contributed by atoms with Crippen LogP contribution in [0.5, 0.6) is 0 Å². The molecule has 1 heterocycles. The Morgan fingerprint density at radius 2 is 2.00 bits per heavy atom. The minimum Gasteiger partial charge on any atom is -0.374 e. The first-order valence-corrected chi connectivity index (χ1v) is 5.50. The summed E-state index contributed by atoms with van der Waals surface area (Å²) >= 11 is 6.75. The lowest BCUT2D eigenvalue weighted by Gasteiger charge is -2.01. The highest BCUT2D eigenvalue weighted by Crippen LogP contribution is 2.16. The van der Waals surface area contributed by atoms with E-state index in [0.29, 0.717) is 10.7 Å². The van der Waals surface area contributed by atoms with E-state index in [0.717, 1.165) is 11.3 Å². The molecule has 2 rings (SSSR count). The normalized spacial score (nSPS) is 10.1. The molecule has 1 amide bonds. The van der Waals surface area contributed by atoms with Crippen molar-refractivity contribution in [2.75, 3.05) is 11.1 Å². The van der Waals surface area contributed by atoms with E-state index in [2.05, 4.69) is 15.5 Å². The van der Waals surface area contributed by atoms with Crippen molar-refractivity contribution in [2.24, 2.45) is 0 Å². The van der Waals surface area contributed by atoms with Crippen LogP contribution in [0, 0.1) is 0 Å².